The lowest BCUT2D eigenvalue weighted by molar-refractivity contribution is -0.137. The number of rotatable bonds is 9. The first kappa shape index (κ1) is 27.8. The van der Waals surface area contributed by atoms with Crippen molar-refractivity contribution in [3.8, 4) is 11.6 Å². The molecular formula is C25H26Cl3N3O5. The van der Waals surface area contributed by atoms with Crippen molar-refractivity contribution in [3.63, 3.8) is 0 Å². The molecule has 192 valence electrons. The van der Waals surface area contributed by atoms with Crippen LogP contribution in [0.1, 0.15) is 49.3 Å². The molecule has 0 saturated heterocycles. The van der Waals surface area contributed by atoms with Crippen LogP contribution in [0.25, 0.3) is 5.69 Å². The molecule has 0 aliphatic carbocycles. The second kappa shape index (κ2) is 11.5. The number of para-hydroxylation sites is 1. The Labute approximate surface area is 223 Å². The maximum Gasteiger partial charge on any atom is 0.305 e. The molecule has 11 heteroatoms. The molecular weight excluding hydrogens is 529 g/mol. The van der Waals surface area contributed by atoms with E-state index in [-0.39, 0.29) is 28.2 Å². The number of hydrogen-bond acceptors (Lipinski definition) is 5. The van der Waals surface area contributed by atoms with Crippen LogP contribution in [0.3, 0.4) is 0 Å². The zero-order chi connectivity index (χ0) is 26.6. The van der Waals surface area contributed by atoms with Gasteiger partial charge in [0.1, 0.15) is 6.61 Å². The first-order valence-electron chi connectivity index (χ1n) is 11.0. The summed E-state index contributed by atoms with van der Waals surface area (Å²) in [5, 5.41) is 27.6. The van der Waals surface area contributed by atoms with E-state index in [1.807, 2.05) is 20.8 Å². The summed E-state index contributed by atoms with van der Waals surface area (Å²) in [6.45, 7) is 5.55. The highest BCUT2D eigenvalue weighted by atomic mass is 35.5. The monoisotopic (exact) mass is 553 g/mol. The Kier molecular flexibility index (Phi) is 8.89. The van der Waals surface area contributed by atoms with E-state index in [2.05, 4.69) is 10.4 Å². The molecule has 3 rings (SSSR count). The van der Waals surface area contributed by atoms with Gasteiger partial charge in [-0.1, -0.05) is 79.8 Å². The molecule has 0 bridgehead atoms. The van der Waals surface area contributed by atoms with Crippen molar-refractivity contribution < 1.29 is 24.5 Å². The summed E-state index contributed by atoms with van der Waals surface area (Å²) in [6.07, 6.45) is -1.23. The highest BCUT2D eigenvalue weighted by Crippen LogP contribution is 2.32. The lowest BCUT2D eigenvalue weighted by atomic mass is 9.90. The van der Waals surface area contributed by atoms with Gasteiger partial charge in [-0.05, 0) is 29.2 Å². The number of nitrogens with zero attached hydrogens (tertiary/aromatic N) is 2. The molecule has 1 heterocycles. The SMILES string of the molecule is CC(C)(C)C(O)COc1cc(C(=O)NC(CC(=O)O)c2cccc(Cl)c2Cl)nn1-c1ccccc1Cl. The highest BCUT2D eigenvalue weighted by Gasteiger charge is 2.27. The number of nitrogens with one attached hydrogen (secondary N) is 1. The average Bonchev–Trinajstić information content (AvgIpc) is 3.22. The number of aliphatic hydroxyl groups is 1. The molecule has 0 radical (unpaired) electrons. The van der Waals surface area contributed by atoms with Gasteiger partial charge >= 0.3 is 5.97 Å². The van der Waals surface area contributed by atoms with Crippen molar-refractivity contribution in [1.29, 1.82) is 0 Å². The van der Waals surface area contributed by atoms with Gasteiger partial charge in [0.2, 0.25) is 5.88 Å². The summed E-state index contributed by atoms with van der Waals surface area (Å²) in [5.74, 6) is -1.63. The Morgan fingerprint density at radius 2 is 1.75 bits per heavy atom. The Hall–Kier alpha value is -2.78. The predicted octanol–water partition coefficient (Wildman–Crippen LogP) is 5.56. The number of aliphatic hydroxyl groups excluding tert-OH is 1. The fourth-order valence-electron chi connectivity index (χ4n) is 3.22. The summed E-state index contributed by atoms with van der Waals surface area (Å²) in [4.78, 5) is 24.7. The maximum atomic E-state index is 13.2. The number of benzene rings is 2. The molecule has 0 aliphatic heterocycles. The normalized spacial score (nSPS) is 13.2. The van der Waals surface area contributed by atoms with Crippen LogP contribution in [0.15, 0.2) is 48.5 Å². The van der Waals surface area contributed by atoms with Gasteiger partial charge in [-0.15, -0.1) is 0 Å². The number of hydrogen-bond donors (Lipinski definition) is 3. The summed E-state index contributed by atoms with van der Waals surface area (Å²) < 4.78 is 7.19. The molecule has 3 N–H and O–H groups in total. The summed E-state index contributed by atoms with van der Waals surface area (Å²) in [6, 6.07) is 12.0. The molecule has 1 amide bonds. The third kappa shape index (κ3) is 6.70. The average molecular weight is 555 g/mol. The van der Waals surface area contributed by atoms with Crippen LogP contribution in [0, 0.1) is 5.41 Å². The zero-order valence-corrected chi connectivity index (χ0v) is 22.1. The van der Waals surface area contributed by atoms with Crippen LogP contribution in [-0.2, 0) is 4.79 Å². The second-order valence-electron chi connectivity index (χ2n) is 9.19. The third-order valence-corrected chi connectivity index (χ3v) is 6.57. The largest absolute Gasteiger partial charge is 0.481 e. The van der Waals surface area contributed by atoms with Crippen molar-refractivity contribution in [2.24, 2.45) is 5.41 Å². The minimum atomic E-state index is -1.14. The summed E-state index contributed by atoms with van der Waals surface area (Å²) in [7, 11) is 0. The van der Waals surface area contributed by atoms with Crippen molar-refractivity contribution in [1.82, 2.24) is 15.1 Å². The predicted molar refractivity (Wildman–Crippen MR) is 138 cm³/mol. The van der Waals surface area contributed by atoms with Gasteiger partial charge < -0.3 is 20.3 Å². The number of halogens is 3. The number of carboxylic acid groups (broad SMARTS) is 1. The van der Waals surface area contributed by atoms with Crippen LogP contribution in [-0.4, -0.2) is 44.6 Å². The first-order chi connectivity index (χ1) is 16.9. The van der Waals surface area contributed by atoms with E-state index in [1.165, 1.54) is 10.7 Å². The molecule has 36 heavy (non-hydrogen) atoms. The van der Waals surface area contributed by atoms with Gasteiger partial charge in [-0.3, -0.25) is 9.59 Å². The van der Waals surface area contributed by atoms with Gasteiger partial charge in [0.05, 0.1) is 39.3 Å². The van der Waals surface area contributed by atoms with E-state index in [9.17, 15) is 19.8 Å². The van der Waals surface area contributed by atoms with Gasteiger partial charge in [-0.2, -0.15) is 9.78 Å². The lowest BCUT2D eigenvalue weighted by Crippen LogP contribution is -2.32. The number of carboxylic acids is 1. The molecule has 0 aliphatic rings. The number of ether oxygens (including phenoxy) is 1. The van der Waals surface area contributed by atoms with E-state index in [1.54, 1.807) is 42.5 Å². The molecule has 1 aromatic heterocycles. The van der Waals surface area contributed by atoms with E-state index in [4.69, 9.17) is 39.5 Å². The van der Waals surface area contributed by atoms with Crippen LogP contribution in [0.4, 0.5) is 0 Å². The molecule has 8 nitrogen and oxygen atoms in total. The van der Waals surface area contributed by atoms with Crippen molar-refractivity contribution in [2.45, 2.75) is 39.3 Å². The van der Waals surface area contributed by atoms with Gasteiger partial charge in [0.15, 0.2) is 5.69 Å². The number of carbonyl (C=O) groups is 2. The number of aromatic nitrogens is 2. The highest BCUT2D eigenvalue weighted by molar-refractivity contribution is 6.42. The van der Waals surface area contributed by atoms with E-state index in [0.29, 0.717) is 16.3 Å². The fraction of sp³-hybridized carbons (Fsp3) is 0.320. The van der Waals surface area contributed by atoms with E-state index in [0.717, 1.165) is 0 Å². The Bertz CT molecular complexity index is 1260. The Morgan fingerprint density at radius 1 is 1.08 bits per heavy atom. The molecule has 2 aromatic carbocycles. The second-order valence-corrected chi connectivity index (χ2v) is 10.4. The van der Waals surface area contributed by atoms with Gasteiger partial charge in [-0.25, -0.2) is 0 Å². The zero-order valence-electron chi connectivity index (χ0n) is 19.8. The fourth-order valence-corrected chi connectivity index (χ4v) is 3.88. The van der Waals surface area contributed by atoms with Crippen LogP contribution in [0.5, 0.6) is 5.88 Å². The lowest BCUT2D eigenvalue weighted by Gasteiger charge is -2.25. The molecule has 0 saturated carbocycles. The number of amides is 1. The van der Waals surface area contributed by atoms with Crippen molar-refractivity contribution in [2.75, 3.05) is 6.61 Å². The van der Waals surface area contributed by atoms with Crippen LogP contribution in [0.2, 0.25) is 15.1 Å². The van der Waals surface area contributed by atoms with E-state index < -0.39 is 35.9 Å². The molecule has 3 aromatic rings. The quantitative estimate of drug-likeness (QED) is 0.319. The molecule has 2 unspecified atom stereocenters. The molecule has 0 spiro atoms. The maximum absolute atomic E-state index is 13.2. The minimum absolute atomic E-state index is 0.0521. The molecule has 0 fully saturated rings. The van der Waals surface area contributed by atoms with E-state index >= 15 is 0 Å². The number of aliphatic carboxylic acids is 1. The number of carbonyl (C=O) groups excluding carboxylic acids is 1. The van der Waals surface area contributed by atoms with Gasteiger partial charge in [0.25, 0.3) is 5.91 Å². The Morgan fingerprint density at radius 3 is 2.39 bits per heavy atom. The topological polar surface area (TPSA) is 114 Å². The standard InChI is InChI=1S/C25H26Cl3N3O5/c1-25(2,3)20(32)13-36-21-11-18(30-31(21)19-10-5-4-8-15(19)26)24(35)29-17(12-22(33)34)14-7-6-9-16(27)23(14)28/h4-11,17,20,32H,12-13H2,1-3H3,(H,29,35)(H,33,34). The van der Waals surface area contributed by atoms with Crippen LogP contribution >= 0.6 is 34.8 Å². The minimum Gasteiger partial charge on any atom is -0.481 e. The Balaban J connectivity index is 1.96. The smallest absolute Gasteiger partial charge is 0.305 e. The third-order valence-electron chi connectivity index (χ3n) is 5.42. The first-order valence-corrected chi connectivity index (χ1v) is 12.1. The molecule has 2 atom stereocenters. The van der Waals surface area contributed by atoms with Crippen molar-refractivity contribution in [3.05, 3.63) is 74.9 Å². The van der Waals surface area contributed by atoms with Crippen molar-refractivity contribution >= 4 is 46.7 Å². The summed E-state index contributed by atoms with van der Waals surface area (Å²) in [5.41, 5.74) is 0.327. The van der Waals surface area contributed by atoms with Crippen LogP contribution < -0.4 is 10.1 Å². The summed E-state index contributed by atoms with van der Waals surface area (Å²) >= 11 is 18.7. The van der Waals surface area contributed by atoms with Gasteiger partial charge in [0, 0.05) is 6.07 Å².